The molecule has 0 radical (unpaired) electrons. The Balaban J connectivity index is 1.87. The standard InChI is InChI=1S/C43H44N4O9S/c1-28(48)53-27-36(54-29(2)49)39(55-30(3)50)40(56-31(4)51)37-38(46-45-35-24-16-9-17-25-35)41(47(5)26-32-18-10-6-11-19-32)57-43(37,33-20-12-7-13-21-33)42(52)44-34-22-14-8-15-23-34/h6-25,36-37,39-40H,26-27H2,1-5H3,(H,44,52)/t36-,37-,39+,40-,43-/m1/s1. The van der Waals surface area contributed by atoms with E-state index in [0.29, 0.717) is 28.5 Å². The number of amides is 1. The van der Waals surface area contributed by atoms with Crippen LogP contribution in [0.2, 0.25) is 0 Å². The molecule has 296 valence electrons. The molecule has 5 rings (SSSR count). The number of ether oxygens (including phenoxy) is 4. The first kappa shape index (κ1) is 41.9. The van der Waals surface area contributed by atoms with Crippen molar-refractivity contribution in [2.24, 2.45) is 16.1 Å². The lowest BCUT2D eigenvalue weighted by molar-refractivity contribution is -0.193. The van der Waals surface area contributed by atoms with Gasteiger partial charge in [0.1, 0.15) is 17.1 Å². The van der Waals surface area contributed by atoms with Gasteiger partial charge in [0.05, 0.1) is 16.6 Å². The highest BCUT2D eigenvalue weighted by Crippen LogP contribution is 2.60. The Morgan fingerprint density at radius 2 is 1.25 bits per heavy atom. The zero-order valence-electron chi connectivity index (χ0n) is 32.2. The molecule has 1 aliphatic rings. The fourth-order valence-electron chi connectivity index (χ4n) is 6.55. The van der Waals surface area contributed by atoms with E-state index in [-0.39, 0.29) is 5.70 Å². The van der Waals surface area contributed by atoms with Crippen LogP contribution in [0.3, 0.4) is 0 Å². The van der Waals surface area contributed by atoms with Gasteiger partial charge in [-0.25, -0.2) is 0 Å². The van der Waals surface area contributed by atoms with Gasteiger partial charge in [-0.05, 0) is 35.4 Å². The van der Waals surface area contributed by atoms with Crippen LogP contribution in [-0.2, 0) is 54.2 Å². The van der Waals surface area contributed by atoms with Gasteiger partial charge in [0.15, 0.2) is 18.3 Å². The molecule has 1 aliphatic heterocycles. The van der Waals surface area contributed by atoms with Crippen LogP contribution >= 0.6 is 11.8 Å². The highest BCUT2D eigenvalue weighted by atomic mass is 32.2. The van der Waals surface area contributed by atoms with Gasteiger partial charge in [0.2, 0.25) is 5.91 Å². The molecule has 57 heavy (non-hydrogen) atoms. The number of rotatable bonds is 16. The van der Waals surface area contributed by atoms with Gasteiger partial charge < -0.3 is 29.2 Å². The van der Waals surface area contributed by atoms with Crippen LogP contribution in [0.25, 0.3) is 0 Å². The Morgan fingerprint density at radius 1 is 0.702 bits per heavy atom. The number of hydrogen-bond donors (Lipinski definition) is 1. The average Bonchev–Trinajstić information content (AvgIpc) is 3.54. The van der Waals surface area contributed by atoms with E-state index in [2.05, 4.69) is 10.4 Å². The van der Waals surface area contributed by atoms with Gasteiger partial charge in [-0.2, -0.15) is 10.2 Å². The molecule has 5 atom stereocenters. The molecular formula is C43H44N4O9S. The lowest BCUT2D eigenvalue weighted by Gasteiger charge is -2.41. The number of carbonyl (C=O) groups is 5. The molecular weight excluding hydrogens is 749 g/mol. The second kappa shape index (κ2) is 19.5. The molecule has 14 heteroatoms. The molecule has 1 heterocycles. The molecule has 0 aromatic heterocycles. The fourth-order valence-corrected chi connectivity index (χ4v) is 8.12. The quantitative estimate of drug-likeness (QED) is 0.0687. The number of esters is 4. The Kier molecular flexibility index (Phi) is 14.4. The van der Waals surface area contributed by atoms with Crippen molar-refractivity contribution in [1.29, 1.82) is 0 Å². The molecule has 0 bridgehead atoms. The van der Waals surface area contributed by atoms with E-state index in [4.69, 9.17) is 24.1 Å². The zero-order chi connectivity index (χ0) is 41.0. The molecule has 0 fully saturated rings. The van der Waals surface area contributed by atoms with Crippen molar-refractivity contribution < 1.29 is 42.9 Å². The molecule has 4 aromatic rings. The number of para-hydroxylation sites is 1. The summed E-state index contributed by atoms with van der Waals surface area (Å²) in [4.78, 5) is 68.4. The normalized spacial score (nSPS) is 17.9. The zero-order valence-corrected chi connectivity index (χ0v) is 33.0. The Bertz CT molecular complexity index is 2080. The SMILES string of the molecule is CC(=O)OC[C@@H](OC(C)=O)[C@H](OC(C)=O)[C@H](OC(C)=O)[C@H]1C(N=Nc2ccccc2)=C(N(C)Cc2ccccc2)S[C@]1(C(=O)Nc1ccccc1)c1ccccc1. The summed E-state index contributed by atoms with van der Waals surface area (Å²) in [7, 11) is 1.84. The molecule has 1 amide bonds. The van der Waals surface area contributed by atoms with E-state index in [0.717, 1.165) is 26.3 Å². The topological polar surface area (TPSA) is 162 Å². The van der Waals surface area contributed by atoms with Crippen LogP contribution in [-0.4, -0.2) is 66.7 Å². The molecule has 1 N–H and O–H groups in total. The number of nitrogens with zero attached hydrogens (tertiary/aromatic N) is 3. The van der Waals surface area contributed by atoms with Crippen LogP contribution in [0.15, 0.2) is 142 Å². The van der Waals surface area contributed by atoms with E-state index in [1.54, 1.807) is 78.9 Å². The monoisotopic (exact) mass is 792 g/mol. The van der Waals surface area contributed by atoms with Crippen LogP contribution < -0.4 is 5.32 Å². The van der Waals surface area contributed by atoms with Crippen molar-refractivity contribution in [3.8, 4) is 0 Å². The van der Waals surface area contributed by atoms with E-state index in [9.17, 15) is 19.2 Å². The minimum Gasteiger partial charge on any atom is -0.462 e. The summed E-state index contributed by atoms with van der Waals surface area (Å²) in [5, 5.41) is 13.0. The van der Waals surface area contributed by atoms with Crippen molar-refractivity contribution in [2.75, 3.05) is 19.0 Å². The molecule has 0 aliphatic carbocycles. The third-order valence-electron chi connectivity index (χ3n) is 8.81. The van der Waals surface area contributed by atoms with Crippen LogP contribution in [0.5, 0.6) is 0 Å². The van der Waals surface area contributed by atoms with Crippen molar-refractivity contribution in [2.45, 2.75) is 57.3 Å². The summed E-state index contributed by atoms with van der Waals surface area (Å²) in [6, 6.07) is 36.3. The summed E-state index contributed by atoms with van der Waals surface area (Å²) in [5.74, 6) is -5.01. The Hall–Kier alpha value is -6.28. The molecule has 4 aromatic carbocycles. The second-order valence-electron chi connectivity index (χ2n) is 13.2. The Morgan fingerprint density at radius 3 is 1.81 bits per heavy atom. The van der Waals surface area contributed by atoms with Gasteiger partial charge in [0.25, 0.3) is 0 Å². The van der Waals surface area contributed by atoms with Crippen molar-refractivity contribution in [3.05, 3.63) is 143 Å². The van der Waals surface area contributed by atoms with Gasteiger partial charge in [-0.3, -0.25) is 24.0 Å². The number of thioether (sulfide) groups is 1. The predicted octanol–water partition coefficient (Wildman–Crippen LogP) is 7.33. The molecule has 0 saturated carbocycles. The minimum absolute atomic E-state index is 0.201. The third kappa shape index (κ3) is 10.7. The highest BCUT2D eigenvalue weighted by Gasteiger charge is 2.63. The minimum atomic E-state index is -1.75. The summed E-state index contributed by atoms with van der Waals surface area (Å²) >= 11 is 1.17. The van der Waals surface area contributed by atoms with E-state index in [1.807, 2.05) is 54.4 Å². The van der Waals surface area contributed by atoms with Crippen molar-refractivity contribution in [3.63, 3.8) is 0 Å². The van der Waals surface area contributed by atoms with Gasteiger partial charge in [-0.15, -0.1) is 0 Å². The van der Waals surface area contributed by atoms with Crippen LogP contribution in [0.1, 0.15) is 38.8 Å². The van der Waals surface area contributed by atoms with Gasteiger partial charge in [-0.1, -0.05) is 109 Å². The summed E-state index contributed by atoms with van der Waals surface area (Å²) in [5.41, 5.74) is 2.58. The number of azo groups is 1. The van der Waals surface area contributed by atoms with Gasteiger partial charge in [0, 0.05) is 47.0 Å². The van der Waals surface area contributed by atoms with E-state index >= 15 is 4.79 Å². The number of nitrogens with one attached hydrogen (secondary N) is 1. The lowest BCUT2D eigenvalue weighted by Crippen LogP contribution is -2.56. The molecule has 0 saturated heterocycles. The summed E-state index contributed by atoms with van der Waals surface area (Å²) in [6.45, 7) is 4.38. The van der Waals surface area contributed by atoms with Crippen molar-refractivity contribution in [1.82, 2.24) is 4.90 Å². The third-order valence-corrected chi connectivity index (χ3v) is 10.5. The van der Waals surface area contributed by atoms with Gasteiger partial charge >= 0.3 is 23.9 Å². The number of benzene rings is 4. The van der Waals surface area contributed by atoms with Crippen LogP contribution in [0.4, 0.5) is 11.4 Å². The first-order valence-corrected chi connectivity index (χ1v) is 18.9. The van der Waals surface area contributed by atoms with Crippen molar-refractivity contribution >= 4 is 52.9 Å². The largest absolute Gasteiger partial charge is 0.462 e. The first-order chi connectivity index (χ1) is 27.4. The number of hydrogen-bond acceptors (Lipinski definition) is 13. The predicted molar refractivity (Wildman–Crippen MR) is 213 cm³/mol. The highest BCUT2D eigenvalue weighted by molar-refractivity contribution is 8.04. The molecule has 13 nitrogen and oxygen atoms in total. The second-order valence-corrected chi connectivity index (χ2v) is 14.4. The summed E-state index contributed by atoms with van der Waals surface area (Å²) in [6.07, 6.45) is -4.77. The molecule has 0 unspecified atom stereocenters. The maximum absolute atomic E-state index is 15.4. The average molecular weight is 793 g/mol. The lowest BCUT2D eigenvalue weighted by atomic mass is 9.76. The fraction of sp³-hybridized carbons (Fsp3) is 0.279. The maximum Gasteiger partial charge on any atom is 0.303 e. The molecule has 0 spiro atoms. The number of carbonyl (C=O) groups excluding carboxylic acids is 5. The van der Waals surface area contributed by atoms with Crippen LogP contribution in [0, 0.1) is 5.92 Å². The smallest absolute Gasteiger partial charge is 0.303 e. The Labute approximate surface area is 335 Å². The van der Waals surface area contributed by atoms with E-state index < -0.39 is 65.4 Å². The summed E-state index contributed by atoms with van der Waals surface area (Å²) < 4.78 is 21.3. The maximum atomic E-state index is 15.4. The first-order valence-electron chi connectivity index (χ1n) is 18.1. The number of anilines is 1. The van der Waals surface area contributed by atoms with E-state index in [1.165, 1.54) is 18.7 Å².